The van der Waals surface area contributed by atoms with Crippen LogP contribution in [0.4, 0.5) is 0 Å². The lowest BCUT2D eigenvalue weighted by Gasteiger charge is -2.27. The van der Waals surface area contributed by atoms with Gasteiger partial charge in [0.15, 0.2) is 0 Å². The molecule has 62 valence electrons. The van der Waals surface area contributed by atoms with E-state index in [9.17, 15) is 5.11 Å². The maximum atomic E-state index is 9.66. The predicted molar refractivity (Wildman–Crippen MR) is 46.5 cm³/mol. The second-order valence-electron chi connectivity index (χ2n) is 4.33. The van der Waals surface area contributed by atoms with Crippen LogP contribution >= 0.6 is 11.8 Å². The van der Waals surface area contributed by atoms with Crippen LogP contribution in [-0.2, 0) is 0 Å². The molecule has 1 heterocycles. The minimum atomic E-state index is 0.0694. The van der Waals surface area contributed by atoms with E-state index >= 15 is 0 Å². The summed E-state index contributed by atoms with van der Waals surface area (Å²) in [5.41, 5.74) is 0. The molecule has 0 aromatic carbocycles. The molecule has 3 fully saturated rings. The number of hydrogen-bond acceptors (Lipinski definition) is 2. The fourth-order valence-corrected chi connectivity index (χ4v) is 5.11. The van der Waals surface area contributed by atoms with Gasteiger partial charge in [0.25, 0.3) is 0 Å². The fourth-order valence-electron chi connectivity index (χ4n) is 3.41. The molecule has 0 aromatic heterocycles. The SMILES string of the molecule is O[C@@H]1C[C@H]2C[C@@H]1[C@@H]1CSC[C@H]21. The molecular weight excluding hydrogens is 156 g/mol. The van der Waals surface area contributed by atoms with Crippen molar-refractivity contribution in [3.8, 4) is 0 Å². The van der Waals surface area contributed by atoms with Crippen molar-refractivity contribution in [3.63, 3.8) is 0 Å². The third kappa shape index (κ3) is 0.775. The maximum Gasteiger partial charge on any atom is 0.0574 e. The highest BCUT2D eigenvalue weighted by atomic mass is 32.2. The molecule has 1 nitrogen and oxygen atoms in total. The smallest absolute Gasteiger partial charge is 0.0574 e. The van der Waals surface area contributed by atoms with E-state index in [2.05, 4.69) is 11.8 Å². The Labute approximate surface area is 71.6 Å². The highest BCUT2D eigenvalue weighted by Gasteiger charge is 2.53. The summed E-state index contributed by atoms with van der Waals surface area (Å²) in [4.78, 5) is 0. The quantitative estimate of drug-likeness (QED) is 0.592. The van der Waals surface area contributed by atoms with E-state index in [0.29, 0.717) is 5.92 Å². The second-order valence-corrected chi connectivity index (χ2v) is 5.40. The zero-order valence-electron chi connectivity index (χ0n) is 6.57. The molecule has 1 aliphatic heterocycles. The summed E-state index contributed by atoms with van der Waals surface area (Å²) in [7, 11) is 0. The zero-order valence-corrected chi connectivity index (χ0v) is 7.39. The van der Waals surface area contributed by atoms with Crippen LogP contribution in [0.25, 0.3) is 0 Å². The zero-order chi connectivity index (χ0) is 7.42. The van der Waals surface area contributed by atoms with Gasteiger partial charge in [-0.1, -0.05) is 0 Å². The van der Waals surface area contributed by atoms with Crippen molar-refractivity contribution in [1.29, 1.82) is 0 Å². The molecular formula is C9H14OS. The molecule has 0 amide bonds. The number of hydrogen-bond donors (Lipinski definition) is 1. The standard InChI is InChI=1S/C9H14OS/c10-9-2-5-1-6(9)8-4-11-3-7(5)8/h5-10H,1-4H2/t5-,6-,7-,8+,9-/m1/s1. The maximum absolute atomic E-state index is 9.66. The lowest BCUT2D eigenvalue weighted by atomic mass is 9.80. The van der Waals surface area contributed by atoms with Gasteiger partial charge in [-0.15, -0.1) is 0 Å². The Morgan fingerprint density at radius 1 is 1.00 bits per heavy atom. The Bertz CT molecular complexity index is 182. The van der Waals surface area contributed by atoms with Gasteiger partial charge in [-0.05, 0) is 48.0 Å². The number of fused-ring (bicyclic) bond motifs is 5. The minimum Gasteiger partial charge on any atom is -0.393 e. The van der Waals surface area contributed by atoms with Crippen LogP contribution < -0.4 is 0 Å². The number of aliphatic hydroxyl groups excluding tert-OH is 1. The van der Waals surface area contributed by atoms with E-state index in [-0.39, 0.29) is 6.10 Å². The van der Waals surface area contributed by atoms with Crippen molar-refractivity contribution in [2.75, 3.05) is 11.5 Å². The lowest BCUT2D eigenvalue weighted by Crippen LogP contribution is -2.29. The normalized spacial score (nSPS) is 60.3. The highest BCUT2D eigenvalue weighted by molar-refractivity contribution is 7.99. The molecule has 3 aliphatic rings. The van der Waals surface area contributed by atoms with E-state index in [4.69, 9.17) is 0 Å². The van der Waals surface area contributed by atoms with Crippen molar-refractivity contribution in [1.82, 2.24) is 0 Å². The molecule has 1 N–H and O–H groups in total. The lowest BCUT2D eigenvalue weighted by molar-refractivity contribution is 0.0704. The molecule has 2 saturated carbocycles. The van der Waals surface area contributed by atoms with Crippen molar-refractivity contribution in [3.05, 3.63) is 0 Å². The number of thioether (sulfide) groups is 1. The van der Waals surface area contributed by atoms with Crippen molar-refractivity contribution >= 4 is 11.8 Å². The number of aliphatic hydroxyl groups is 1. The molecule has 2 heteroatoms. The summed E-state index contributed by atoms with van der Waals surface area (Å²) in [5, 5.41) is 9.66. The summed E-state index contributed by atoms with van der Waals surface area (Å²) < 4.78 is 0. The Morgan fingerprint density at radius 3 is 2.73 bits per heavy atom. The molecule has 0 radical (unpaired) electrons. The Kier molecular flexibility index (Phi) is 1.34. The summed E-state index contributed by atoms with van der Waals surface area (Å²) in [6.07, 6.45) is 2.53. The van der Waals surface area contributed by atoms with E-state index in [1.165, 1.54) is 17.9 Å². The summed E-state index contributed by atoms with van der Waals surface area (Å²) in [6.45, 7) is 0. The van der Waals surface area contributed by atoms with Crippen molar-refractivity contribution in [2.45, 2.75) is 18.9 Å². The first-order valence-electron chi connectivity index (χ1n) is 4.62. The van der Waals surface area contributed by atoms with Crippen LogP contribution in [0.2, 0.25) is 0 Å². The van der Waals surface area contributed by atoms with Gasteiger partial charge in [0.2, 0.25) is 0 Å². The van der Waals surface area contributed by atoms with Crippen molar-refractivity contribution < 1.29 is 5.11 Å². The van der Waals surface area contributed by atoms with Crippen LogP contribution in [-0.4, -0.2) is 22.7 Å². The van der Waals surface area contributed by atoms with Gasteiger partial charge in [-0.2, -0.15) is 11.8 Å². The molecule has 2 aliphatic carbocycles. The van der Waals surface area contributed by atoms with Crippen LogP contribution in [0.1, 0.15) is 12.8 Å². The topological polar surface area (TPSA) is 20.2 Å². The minimum absolute atomic E-state index is 0.0694. The molecule has 2 bridgehead atoms. The molecule has 3 rings (SSSR count). The first-order chi connectivity index (χ1) is 5.36. The summed E-state index contributed by atoms with van der Waals surface area (Å²) in [5.74, 6) is 6.21. The van der Waals surface area contributed by atoms with Gasteiger partial charge >= 0.3 is 0 Å². The highest BCUT2D eigenvalue weighted by Crippen LogP contribution is 2.57. The molecule has 0 spiro atoms. The largest absolute Gasteiger partial charge is 0.393 e. The Morgan fingerprint density at radius 2 is 1.82 bits per heavy atom. The van der Waals surface area contributed by atoms with Gasteiger partial charge < -0.3 is 5.11 Å². The van der Waals surface area contributed by atoms with Crippen LogP contribution in [0.5, 0.6) is 0 Å². The molecule has 5 atom stereocenters. The third-order valence-corrected chi connectivity index (χ3v) is 5.18. The second kappa shape index (κ2) is 2.17. The van der Waals surface area contributed by atoms with Crippen LogP contribution in [0, 0.1) is 23.7 Å². The van der Waals surface area contributed by atoms with Gasteiger partial charge in [0, 0.05) is 0 Å². The monoisotopic (exact) mass is 170 g/mol. The van der Waals surface area contributed by atoms with E-state index in [1.807, 2.05) is 0 Å². The molecule has 0 unspecified atom stereocenters. The summed E-state index contributed by atoms with van der Waals surface area (Å²) in [6, 6.07) is 0. The Hall–Kier alpha value is 0.310. The fraction of sp³-hybridized carbons (Fsp3) is 1.00. The average molecular weight is 170 g/mol. The Balaban J connectivity index is 1.90. The number of rotatable bonds is 0. The van der Waals surface area contributed by atoms with Crippen LogP contribution in [0.15, 0.2) is 0 Å². The average Bonchev–Trinajstić information content (AvgIpc) is 2.52. The van der Waals surface area contributed by atoms with Gasteiger partial charge in [-0.25, -0.2) is 0 Å². The van der Waals surface area contributed by atoms with Crippen LogP contribution in [0.3, 0.4) is 0 Å². The third-order valence-electron chi connectivity index (χ3n) is 3.94. The van der Waals surface area contributed by atoms with Gasteiger partial charge in [-0.3, -0.25) is 0 Å². The first kappa shape index (κ1) is 6.79. The molecule has 1 saturated heterocycles. The molecule has 0 aromatic rings. The molecule has 11 heavy (non-hydrogen) atoms. The van der Waals surface area contributed by atoms with E-state index in [1.54, 1.807) is 0 Å². The van der Waals surface area contributed by atoms with E-state index < -0.39 is 0 Å². The predicted octanol–water partition coefficient (Wildman–Crippen LogP) is 1.37. The van der Waals surface area contributed by atoms with E-state index in [0.717, 1.165) is 24.2 Å². The van der Waals surface area contributed by atoms with Gasteiger partial charge in [0.1, 0.15) is 0 Å². The van der Waals surface area contributed by atoms with Gasteiger partial charge in [0.05, 0.1) is 6.10 Å². The summed E-state index contributed by atoms with van der Waals surface area (Å²) >= 11 is 2.10. The first-order valence-corrected chi connectivity index (χ1v) is 5.77. The van der Waals surface area contributed by atoms with Crippen molar-refractivity contribution in [2.24, 2.45) is 23.7 Å².